The van der Waals surface area contributed by atoms with Crippen LogP contribution in [-0.4, -0.2) is 16.9 Å². The Hall–Kier alpha value is -1.62. The zero-order valence-electron chi connectivity index (χ0n) is 11.9. The van der Waals surface area contributed by atoms with Crippen LogP contribution in [0.25, 0.3) is 10.8 Å². The summed E-state index contributed by atoms with van der Waals surface area (Å²) in [6.45, 7) is 2.76. The number of nitro benzene ring substituents is 1. The fraction of sp³-hybridized carbons (Fsp3) is 0.375. The van der Waals surface area contributed by atoms with Gasteiger partial charge in [-0.25, -0.2) is 0 Å². The van der Waals surface area contributed by atoms with Crippen LogP contribution in [0.2, 0.25) is 0 Å². The molecule has 0 N–H and O–H groups in total. The van der Waals surface area contributed by atoms with Crippen molar-refractivity contribution in [1.82, 2.24) is 0 Å². The Kier molecular flexibility index (Phi) is 5.56. The van der Waals surface area contributed by atoms with Gasteiger partial charge in [0.1, 0.15) is 5.75 Å². The molecule has 0 aliphatic carbocycles. The number of hydrogen-bond donors (Lipinski definition) is 0. The molecule has 0 radical (unpaired) electrons. The number of hydrogen-bond acceptors (Lipinski definition) is 3. The lowest BCUT2D eigenvalue weighted by atomic mass is 10.1. The largest absolute Gasteiger partial charge is 0.493 e. The topological polar surface area (TPSA) is 52.4 Å². The molecule has 0 aromatic heterocycles. The molecule has 2 aromatic carbocycles. The number of fused-ring (bicyclic) bond motifs is 1. The molecule has 1 unspecified atom stereocenters. The van der Waals surface area contributed by atoms with Gasteiger partial charge >= 0.3 is 0 Å². The van der Waals surface area contributed by atoms with Gasteiger partial charge in [0.25, 0.3) is 5.69 Å². The van der Waals surface area contributed by atoms with Crippen LogP contribution >= 0.6 is 15.9 Å². The molecule has 2 rings (SSSR count). The Labute approximate surface area is 132 Å². The van der Waals surface area contributed by atoms with Crippen molar-refractivity contribution >= 4 is 32.4 Å². The molecule has 5 heteroatoms. The molecule has 0 amide bonds. The van der Waals surface area contributed by atoms with Gasteiger partial charge in [-0.1, -0.05) is 47.5 Å². The lowest BCUT2D eigenvalue weighted by Crippen LogP contribution is -2.13. The van der Waals surface area contributed by atoms with Crippen molar-refractivity contribution in [3.63, 3.8) is 0 Å². The number of rotatable bonds is 7. The standard InChI is InChI=1S/C16H18BrNO3/c1-2-5-12(10-17)11-21-16-9-8-15(18(19)20)13-6-3-4-7-14(13)16/h3-4,6-9,12H,2,5,10-11H2,1H3. The van der Waals surface area contributed by atoms with Gasteiger partial charge in [-0.3, -0.25) is 10.1 Å². The van der Waals surface area contributed by atoms with Crippen molar-refractivity contribution in [3.8, 4) is 5.75 Å². The Morgan fingerprint density at radius 3 is 2.57 bits per heavy atom. The third-order valence-electron chi connectivity index (χ3n) is 3.45. The molecular weight excluding hydrogens is 334 g/mol. The first kappa shape index (κ1) is 15.8. The maximum absolute atomic E-state index is 11.1. The van der Waals surface area contributed by atoms with Crippen LogP contribution in [0.5, 0.6) is 5.75 Å². The molecule has 2 aromatic rings. The van der Waals surface area contributed by atoms with Gasteiger partial charge in [-0.2, -0.15) is 0 Å². The van der Waals surface area contributed by atoms with E-state index in [0.29, 0.717) is 23.7 Å². The van der Waals surface area contributed by atoms with Gasteiger partial charge in [0.2, 0.25) is 0 Å². The molecule has 1 atom stereocenters. The predicted molar refractivity (Wildman–Crippen MR) is 88.3 cm³/mol. The zero-order valence-corrected chi connectivity index (χ0v) is 13.5. The predicted octanol–water partition coefficient (Wildman–Crippen LogP) is 4.94. The second kappa shape index (κ2) is 7.41. The highest BCUT2D eigenvalue weighted by atomic mass is 79.9. The molecule has 0 spiro atoms. The minimum absolute atomic E-state index is 0.114. The zero-order chi connectivity index (χ0) is 15.2. The highest BCUT2D eigenvalue weighted by Crippen LogP contribution is 2.33. The van der Waals surface area contributed by atoms with Crippen molar-refractivity contribution in [2.45, 2.75) is 19.8 Å². The quantitative estimate of drug-likeness (QED) is 0.403. The van der Waals surface area contributed by atoms with E-state index >= 15 is 0 Å². The summed E-state index contributed by atoms with van der Waals surface area (Å²) >= 11 is 3.50. The molecule has 0 saturated carbocycles. The Balaban J connectivity index is 2.29. The van der Waals surface area contributed by atoms with Gasteiger partial charge in [-0.05, 0) is 18.6 Å². The number of nitrogens with zero attached hydrogens (tertiary/aromatic N) is 1. The van der Waals surface area contributed by atoms with E-state index in [9.17, 15) is 10.1 Å². The van der Waals surface area contributed by atoms with Crippen LogP contribution < -0.4 is 4.74 Å². The molecular formula is C16H18BrNO3. The minimum atomic E-state index is -0.357. The third-order valence-corrected chi connectivity index (χ3v) is 4.36. The normalized spacial score (nSPS) is 12.3. The Morgan fingerprint density at radius 2 is 1.95 bits per heavy atom. The molecule has 0 fully saturated rings. The molecule has 4 nitrogen and oxygen atoms in total. The van der Waals surface area contributed by atoms with Gasteiger partial charge in [0.15, 0.2) is 0 Å². The molecule has 21 heavy (non-hydrogen) atoms. The van der Waals surface area contributed by atoms with Crippen molar-refractivity contribution in [3.05, 3.63) is 46.5 Å². The number of ether oxygens (including phenoxy) is 1. The van der Waals surface area contributed by atoms with Gasteiger partial charge in [0.05, 0.1) is 16.9 Å². The summed E-state index contributed by atoms with van der Waals surface area (Å²) in [5.41, 5.74) is 0.114. The fourth-order valence-electron chi connectivity index (χ4n) is 2.36. The summed E-state index contributed by atoms with van der Waals surface area (Å²) in [5, 5.41) is 13.4. The highest BCUT2D eigenvalue weighted by molar-refractivity contribution is 9.09. The average molecular weight is 352 g/mol. The van der Waals surface area contributed by atoms with Crippen molar-refractivity contribution in [1.29, 1.82) is 0 Å². The Bertz CT molecular complexity index is 630. The lowest BCUT2D eigenvalue weighted by molar-refractivity contribution is -0.383. The maximum atomic E-state index is 11.1. The van der Waals surface area contributed by atoms with E-state index in [1.165, 1.54) is 6.07 Å². The number of alkyl halides is 1. The molecule has 0 aliphatic rings. The molecule has 112 valence electrons. The van der Waals surface area contributed by atoms with Crippen LogP contribution in [0.3, 0.4) is 0 Å². The lowest BCUT2D eigenvalue weighted by Gasteiger charge is -2.15. The van der Waals surface area contributed by atoms with Gasteiger partial charge in [0, 0.05) is 22.7 Å². The Morgan fingerprint density at radius 1 is 1.24 bits per heavy atom. The SMILES string of the molecule is CCCC(CBr)COc1ccc([N+](=O)[O-])c2ccccc12. The second-order valence-electron chi connectivity index (χ2n) is 5.01. The van der Waals surface area contributed by atoms with Crippen LogP contribution in [0.15, 0.2) is 36.4 Å². The van der Waals surface area contributed by atoms with E-state index in [0.717, 1.165) is 23.6 Å². The van der Waals surface area contributed by atoms with Crippen LogP contribution in [-0.2, 0) is 0 Å². The van der Waals surface area contributed by atoms with Crippen LogP contribution in [0.1, 0.15) is 19.8 Å². The summed E-state index contributed by atoms with van der Waals surface area (Å²) in [7, 11) is 0. The van der Waals surface area contributed by atoms with E-state index in [1.54, 1.807) is 18.2 Å². The fourth-order valence-corrected chi connectivity index (χ4v) is 2.87. The summed E-state index contributed by atoms with van der Waals surface area (Å²) in [4.78, 5) is 10.7. The summed E-state index contributed by atoms with van der Waals surface area (Å²) in [5.74, 6) is 1.15. The molecule has 0 aliphatic heterocycles. The molecule has 0 saturated heterocycles. The summed E-state index contributed by atoms with van der Waals surface area (Å²) in [6, 6.07) is 10.5. The van der Waals surface area contributed by atoms with Crippen molar-refractivity contribution in [2.75, 3.05) is 11.9 Å². The highest BCUT2D eigenvalue weighted by Gasteiger charge is 2.15. The van der Waals surface area contributed by atoms with Crippen molar-refractivity contribution in [2.24, 2.45) is 5.92 Å². The molecule has 0 heterocycles. The van der Waals surface area contributed by atoms with Gasteiger partial charge in [-0.15, -0.1) is 0 Å². The first-order valence-corrected chi connectivity index (χ1v) is 8.14. The minimum Gasteiger partial charge on any atom is -0.493 e. The van der Waals surface area contributed by atoms with E-state index in [-0.39, 0.29) is 10.6 Å². The first-order chi connectivity index (χ1) is 10.2. The van der Waals surface area contributed by atoms with Gasteiger partial charge < -0.3 is 4.74 Å². The van der Waals surface area contributed by atoms with E-state index < -0.39 is 0 Å². The first-order valence-electron chi connectivity index (χ1n) is 7.02. The van der Waals surface area contributed by atoms with Crippen LogP contribution in [0, 0.1) is 16.0 Å². The smallest absolute Gasteiger partial charge is 0.277 e. The van der Waals surface area contributed by atoms with E-state index in [4.69, 9.17) is 4.74 Å². The van der Waals surface area contributed by atoms with Crippen molar-refractivity contribution < 1.29 is 9.66 Å². The number of non-ortho nitro benzene ring substituents is 1. The maximum Gasteiger partial charge on any atom is 0.277 e. The number of benzene rings is 2. The molecule has 0 bridgehead atoms. The summed E-state index contributed by atoms with van der Waals surface area (Å²) < 4.78 is 5.91. The second-order valence-corrected chi connectivity index (χ2v) is 5.65. The third kappa shape index (κ3) is 3.73. The van der Waals surface area contributed by atoms with E-state index in [2.05, 4.69) is 22.9 Å². The van der Waals surface area contributed by atoms with Crippen LogP contribution in [0.4, 0.5) is 5.69 Å². The van der Waals surface area contributed by atoms with E-state index in [1.807, 2.05) is 12.1 Å². The summed E-state index contributed by atoms with van der Waals surface area (Å²) in [6.07, 6.45) is 2.21. The monoisotopic (exact) mass is 351 g/mol. The number of nitro groups is 1. The number of halogens is 1. The average Bonchev–Trinajstić information content (AvgIpc) is 2.50.